The Labute approximate surface area is 186 Å². The summed E-state index contributed by atoms with van der Waals surface area (Å²) in [5.74, 6) is -0.654. The number of unbranched alkanes of at least 4 members (excludes halogenated alkanes) is 2. The van der Waals surface area contributed by atoms with Gasteiger partial charge in [0, 0.05) is 32.0 Å². The van der Waals surface area contributed by atoms with E-state index in [1.54, 1.807) is 17.8 Å². The quantitative estimate of drug-likeness (QED) is 0.233. The summed E-state index contributed by atoms with van der Waals surface area (Å²) in [5, 5.41) is 11.9. The molecule has 2 N–H and O–H groups in total. The zero-order valence-corrected chi connectivity index (χ0v) is 19.6. The average molecular weight is 441 g/mol. The van der Waals surface area contributed by atoms with E-state index in [4.69, 9.17) is 5.11 Å². The first-order valence-corrected chi connectivity index (χ1v) is 12.2. The highest BCUT2D eigenvalue weighted by Crippen LogP contribution is 2.15. The SMILES string of the molecule is C=CCCC[C@H](CC(=O)O)C(=O)NC[C@@H](C)CC(=O)N(CCCC=C)CCCSC. The van der Waals surface area contributed by atoms with Crippen LogP contribution < -0.4 is 5.32 Å². The minimum absolute atomic E-state index is 0.0115. The number of thioether (sulfide) groups is 1. The van der Waals surface area contributed by atoms with Gasteiger partial charge in [-0.3, -0.25) is 14.4 Å². The lowest BCUT2D eigenvalue weighted by atomic mass is 9.97. The molecule has 2 amide bonds. The lowest BCUT2D eigenvalue weighted by Gasteiger charge is -2.24. The van der Waals surface area contributed by atoms with Crippen molar-refractivity contribution < 1.29 is 19.5 Å². The number of hydrogen-bond acceptors (Lipinski definition) is 4. The molecule has 0 aromatic carbocycles. The number of nitrogens with zero attached hydrogens (tertiary/aromatic N) is 1. The smallest absolute Gasteiger partial charge is 0.304 e. The Morgan fingerprint density at radius 2 is 1.70 bits per heavy atom. The van der Waals surface area contributed by atoms with Gasteiger partial charge in [-0.2, -0.15) is 11.8 Å². The van der Waals surface area contributed by atoms with Gasteiger partial charge in [0.2, 0.25) is 11.8 Å². The van der Waals surface area contributed by atoms with Crippen molar-refractivity contribution in [3.8, 4) is 0 Å². The van der Waals surface area contributed by atoms with E-state index in [0.29, 0.717) is 19.4 Å². The lowest BCUT2D eigenvalue weighted by molar-refractivity contribution is -0.141. The summed E-state index contributed by atoms with van der Waals surface area (Å²) in [5.41, 5.74) is 0. The van der Waals surface area contributed by atoms with E-state index in [0.717, 1.165) is 50.9 Å². The van der Waals surface area contributed by atoms with Crippen molar-refractivity contribution in [2.75, 3.05) is 31.6 Å². The maximum atomic E-state index is 12.7. The third kappa shape index (κ3) is 14.3. The molecule has 6 nitrogen and oxygen atoms in total. The second-order valence-electron chi connectivity index (χ2n) is 7.73. The van der Waals surface area contributed by atoms with Crippen molar-refractivity contribution in [2.24, 2.45) is 11.8 Å². The maximum Gasteiger partial charge on any atom is 0.304 e. The molecule has 7 heteroatoms. The summed E-state index contributed by atoms with van der Waals surface area (Å²) in [7, 11) is 0. The first kappa shape index (κ1) is 28.2. The fourth-order valence-corrected chi connectivity index (χ4v) is 3.57. The van der Waals surface area contributed by atoms with Crippen molar-refractivity contribution in [2.45, 2.75) is 58.3 Å². The maximum absolute atomic E-state index is 12.7. The predicted molar refractivity (Wildman–Crippen MR) is 126 cm³/mol. The van der Waals surface area contributed by atoms with Crippen LogP contribution in [0.1, 0.15) is 58.3 Å². The lowest BCUT2D eigenvalue weighted by Crippen LogP contribution is -2.38. The largest absolute Gasteiger partial charge is 0.481 e. The Balaban J connectivity index is 4.60. The molecule has 0 aliphatic heterocycles. The Morgan fingerprint density at radius 3 is 2.30 bits per heavy atom. The van der Waals surface area contributed by atoms with Gasteiger partial charge in [-0.25, -0.2) is 0 Å². The monoisotopic (exact) mass is 440 g/mol. The van der Waals surface area contributed by atoms with Crippen LogP contribution in [0, 0.1) is 11.8 Å². The molecular formula is C23H40N2O4S. The average Bonchev–Trinajstić information content (AvgIpc) is 2.70. The third-order valence-electron chi connectivity index (χ3n) is 4.87. The third-order valence-corrected chi connectivity index (χ3v) is 5.56. The van der Waals surface area contributed by atoms with Crippen molar-refractivity contribution in [1.82, 2.24) is 10.2 Å². The second-order valence-corrected chi connectivity index (χ2v) is 8.71. The summed E-state index contributed by atoms with van der Waals surface area (Å²) >= 11 is 1.77. The van der Waals surface area contributed by atoms with Crippen LogP contribution >= 0.6 is 11.8 Å². The van der Waals surface area contributed by atoms with Gasteiger partial charge in [-0.05, 0) is 56.5 Å². The number of aliphatic carboxylic acids is 1. The number of carbonyl (C=O) groups is 3. The summed E-state index contributed by atoms with van der Waals surface area (Å²) in [6.45, 7) is 11.2. The fraction of sp³-hybridized carbons (Fsp3) is 0.696. The molecule has 0 heterocycles. The van der Waals surface area contributed by atoms with E-state index in [1.165, 1.54) is 0 Å². The first-order chi connectivity index (χ1) is 14.3. The summed E-state index contributed by atoms with van der Waals surface area (Å²) in [6, 6.07) is 0. The molecule has 0 radical (unpaired) electrons. The zero-order chi connectivity index (χ0) is 22.8. The van der Waals surface area contributed by atoms with E-state index in [1.807, 2.05) is 17.9 Å². The van der Waals surface area contributed by atoms with Gasteiger partial charge in [0.25, 0.3) is 0 Å². The van der Waals surface area contributed by atoms with Crippen molar-refractivity contribution in [3.05, 3.63) is 25.3 Å². The van der Waals surface area contributed by atoms with Crippen molar-refractivity contribution in [3.63, 3.8) is 0 Å². The zero-order valence-electron chi connectivity index (χ0n) is 18.7. The van der Waals surface area contributed by atoms with E-state index in [2.05, 4.69) is 24.7 Å². The number of rotatable bonds is 19. The van der Waals surface area contributed by atoms with Gasteiger partial charge in [0.15, 0.2) is 0 Å². The summed E-state index contributed by atoms with van der Waals surface area (Å²) in [6.07, 6.45) is 10.6. The Morgan fingerprint density at radius 1 is 1.07 bits per heavy atom. The van der Waals surface area contributed by atoms with E-state index < -0.39 is 11.9 Å². The molecule has 0 saturated heterocycles. The van der Waals surface area contributed by atoms with Crippen LogP contribution in [0.5, 0.6) is 0 Å². The minimum atomic E-state index is -0.975. The van der Waals surface area contributed by atoms with Gasteiger partial charge < -0.3 is 15.3 Å². The first-order valence-electron chi connectivity index (χ1n) is 10.8. The molecule has 0 aromatic heterocycles. The molecule has 0 saturated carbocycles. The number of nitrogens with one attached hydrogen (secondary N) is 1. The second kappa shape index (κ2) is 18.0. The highest BCUT2D eigenvalue weighted by molar-refractivity contribution is 7.98. The number of carbonyl (C=O) groups excluding carboxylic acids is 2. The molecule has 0 bridgehead atoms. The number of allylic oxidation sites excluding steroid dienone is 2. The van der Waals surface area contributed by atoms with Crippen LogP contribution in [-0.4, -0.2) is 59.4 Å². The Bertz CT molecular complexity index is 539. The molecule has 172 valence electrons. The molecule has 0 aliphatic carbocycles. The highest BCUT2D eigenvalue weighted by Gasteiger charge is 2.22. The van der Waals surface area contributed by atoms with Crippen LogP contribution in [0.15, 0.2) is 25.3 Å². The molecule has 0 fully saturated rings. The van der Waals surface area contributed by atoms with Crippen LogP contribution in [0.3, 0.4) is 0 Å². The van der Waals surface area contributed by atoms with Crippen molar-refractivity contribution >= 4 is 29.5 Å². The molecule has 2 atom stereocenters. The molecule has 0 aliphatic rings. The minimum Gasteiger partial charge on any atom is -0.481 e. The van der Waals surface area contributed by atoms with Gasteiger partial charge >= 0.3 is 5.97 Å². The van der Waals surface area contributed by atoms with Crippen LogP contribution in [-0.2, 0) is 14.4 Å². The van der Waals surface area contributed by atoms with Crippen LogP contribution in [0.4, 0.5) is 0 Å². The van der Waals surface area contributed by atoms with Gasteiger partial charge in [-0.15, -0.1) is 13.2 Å². The molecule has 0 aromatic rings. The van der Waals surface area contributed by atoms with Gasteiger partial charge in [0.1, 0.15) is 0 Å². The molecule has 30 heavy (non-hydrogen) atoms. The molecule has 0 spiro atoms. The standard InChI is InChI=1S/C23H40N2O4S/c1-5-7-9-12-20(17-22(27)28)23(29)24-18-19(3)16-21(26)25(13-10-8-6-2)14-11-15-30-4/h5-6,19-20H,1-2,7-18H2,3-4H3,(H,24,29)(H,27,28)/t19-,20+/m0/s1. The van der Waals surface area contributed by atoms with Crippen LogP contribution in [0.25, 0.3) is 0 Å². The molecular weight excluding hydrogens is 400 g/mol. The number of amides is 2. The van der Waals surface area contributed by atoms with E-state index in [9.17, 15) is 14.4 Å². The van der Waals surface area contributed by atoms with E-state index in [-0.39, 0.29) is 24.2 Å². The van der Waals surface area contributed by atoms with Gasteiger partial charge in [0.05, 0.1) is 6.42 Å². The number of carboxylic acid groups (broad SMARTS) is 1. The Hall–Kier alpha value is -1.76. The summed E-state index contributed by atoms with van der Waals surface area (Å²) in [4.78, 5) is 38.2. The number of hydrogen-bond donors (Lipinski definition) is 2. The highest BCUT2D eigenvalue weighted by atomic mass is 32.2. The molecule has 0 unspecified atom stereocenters. The van der Waals surface area contributed by atoms with Gasteiger partial charge in [-0.1, -0.05) is 19.1 Å². The van der Waals surface area contributed by atoms with Crippen molar-refractivity contribution in [1.29, 1.82) is 0 Å². The normalized spacial score (nSPS) is 12.6. The topological polar surface area (TPSA) is 86.7 Å². The number of carboxylic acids is 1. The summed E-state index contributed by atoms with van der Waals surface area (Å²) < 4.78 is 0. The van der Waals surface area contributed by atoms with Crippen LogP contribution in [0.2, 0.25) is 0 Å². The fourth-order valence-electron chi connectivity index (χ4n) is 3.15. The Kier molecular flexibility index (Phi) is 17.0. The predicted octanol–water partition coefficient (Wildman–Crippen LogP) is 4.12. The van der Waals surface area contributed by atoms with E-state index >= 15 is 0 Å². The molecule has 0 rings (SSSR count).